The lowest BCUT2D eigenvalue weighted by molar-refractivity contribution is -0.383. The van der Waals surface area contributed by atoms with E-state index in [1.807, 2.05) is 41.8 Å². The van der Waals surface area contributed by atoms with Gasteiger partial charge in [-0.2, -0.15) is 0 Å². The minimum absolute atomic E-state index is 0.134. The van der Waals surface area contributed by atoms with Gasteiger partial charge in [-0.3, -0.25) is 0 Å². The molecule has 6 N–H and O–H groups in total. The average molecular weight is 449 g/mol. The van der Waals surface area contributed by atoms with Gasteiger partial charge in [0.05, 0.1) is 5.52 Å². The summed E-state index contributed by atoms with van der Waals surface area (Å²) in [5, 5.41) is 17.7. The van der Waals surface area contributed by atoms with Gasteiger partial charge in [0.25, 0.3) is 0 Å². The van der Waals surface area contributed by atoms with Crippen LogP contribution in [0.1, 0.15) is 38.1 Å². The third-order valence-electron chi connectivity index (χ3n) is 4.94. The maximum Gasteiger partial charge on any atom is 0.217 e. The number of aromatic nitrogens is 5. The highest BCUT2D eigenvalue weighted by atomic mass is 16.6. The smallest absolute Gasteiger partial charge is 0.217 e. The second kappa shape index (κ2) is 8.90. The number of imidazole rings is 1. The largest absolute Gasteiger partial charge is 0.463 e. The molecule has 33 heavy (non-hydrogen) atoms. The number of aryl methyl sites for hydroxylation is 1. The SMILES string of the molecule is CCn1c(-c2nonc2N)nc2c(C#CC(C)(C)O)nc(O[C@H](C[NH3+])c3ccccc3)cc21. The van der Waals surface area contributed by atoms with E-state index in [4.69, 9.17) is 20.1 Å². The van der Waals surface area contributed by atoms with Crippen LogP contribution in [0.3, 0.4) is 0 Å². The minimum Gasteiger partial charge on any atom is -0.463 e. The molecular formula is C23H26N7O3+. The minimum atomic E-state index is -1.21. The van der Waals surface area contributed by atoms with Crippen LogP contribution >= 0.6 is 0 Å². The molecule has 0 aliphatic heterocycles. The van der Waals surface area contributed by atoms with Crippen molar-refractivity contribution in [2.75, 3.05) is 12.3 Å². The Morgan fingerprint density at radius 2 is 2.00 bits per heavy atom. The van der Waals surface area contributed by atoms with Crippen LogP contribution in [0.5, 0.6) is 5.88 Å². The lowest BCUT2D eigenvalue weighted by atomic mass is 10.1. The predicted molar refractivity (Wildman–Crippen MR) is 122 cm³/mol. The molecule has 0 unspecified atom stereocenters. The Balaban J connectivity index is 1.89. The number of hydrogen-bond donors (Lipinski definition) is 3. The normalized spacial score (nSPS) is 12.4. The van der Waals surface area contributed by atoms with Gasteiger partial charge in [0.1, 0.15) is 23.4 Å². The first kappa shape index (κ1) is 22.3. The molecule has 1 atom stereocenters. The molecule has 0 radical (unpaired) electrons. The van der Waals surface area contributed by atoms with Gasteiger partial charge in [-0.15, -0.1) is 0 Å². The summed E-state index contributed by atoms with van der Waals surface area (Å²) >= 11 is 0. The fourth-order valence-electron chi connectivity index (χ4n) is 3.42. The number of nitrogen functional groups attached to an aromatic ring is 1. The van der Waals surface area contributed by atoms with E-state index >= 15 is 0 Å². The van der Waals surface area contributed by atoms with E-state index in [2.05, 4.69) is 32.9 Å². The zero-order chi connectivity index (χ0) is 23.6. The standard InChI is InChI=1S/C23H25N7O3/c1-4-30-16-12-18(32-17(13-24)14-8-6-5-7-9-14)26-15(10-11-23(2,3)31)19(16)27-22(30)20-21(25)29-33-28-20/h5-9,12,17,31H,4,13,24H2,1-3H3,(H2,25,29)/p+1/t17-/m1/s1. The molecule has 1 aromatic carbocycles. The van der Waals surface area contributed by atoms with Crippen LogP contribution in [0.4, 0.5) is 5.82 Å². The Bertz CT molecular complexity index is 1330. The number of aliphatic hydroxyl groups is 1. The highest BCUT2D eigenvalue weighted by molar-refractivity contribution is 5.86. The number of nitrogens with zero attached hydrogens (tertiary/aromatic N) is 5. The second-order valence-corrected chi connectivity index (χ2v) is 7.97. The predicted octanol–water partition coefficient (Wildman–Crippen LogP) is 1.57. The highest BCUT2D eigenvalue weighted by Crippen LogP contribution is 2.31. The summed E-state index contributed by atoms with van der Waals surface area (Å²) < 4.78 is 12.9. The molecule has 10 heteroatoms. The second-order valence-electron chi connectivity index (χ2n) is 7.97. The highest BCUT2D eigenvalue weighted by Gasteiger charge is 2.23. The number of nitrogens with two attached hydrogens (primary N) is 1. The van der Waals surface area contributed by atoms with Crippen molar-refractivity contribution in [2.45, 2.75) is 39.0 Å². The van der Waals surface area contributed by atoms with Crippen molar-refractivity contribution in [3.05, 3.63) is 47.7 Å². The van der Waals surface area contributed by atoms with Crippen LogP contribution < -0.4 is 16.2 Å². The van der Waals surface area contributed by atoms with E-state index in [-0.39, 0.29) is 11.9 Å². The summed E-state index contributed by atoms with van der Waals surface area (Å²) in [6.07, 6.45) is -0.293. The summed E-state index contributed by atoms with van der Waals surface area (Å²) in [4.78, 5) is 9.30. The van der Waals surface area contributed by atoms with E-state index in [9.17, 15) is 5.11 Å². The monoisotopic (exact) mass is 448 g/mol. The maximum absolute atomic E-state index is 10.1. The van der Waals surface area contributed by atoms with E-state index in [1.54, 1.807) is 19.9 Å². The van der Waals surface area contributed by atoms with Crippen molar-refractivity contribution < 1.29 is 20.2 Å². The maximum atomic E-state index is 10.1. The molecule has 3 heterocycles. The number of rotatable bonds is 6. The van der Waals surface area contributed by atoms with Gasteiger partial charge in [0, 0.05) is 12.6 Å². The number of hydrogen-bond acceptors (Lipinski definition) is 8. The van der Waals surface area contributed by atoms with Crippen molar-refractivity contribution in [1.29, 1.82) is 0 Å². The Labute approximate surface area is 190 Å². The Kier molecular flexibility index (Phi) is 6.00. The zero-order valence-corrected chi connectivity index (χ0v) is 18.7. The third kappa shape index (κ3) is 4.64. The van der Waals surface area contributed by atoms with Gasteiger partial charge < -0.3 is 25.9 Å². The van der Waals surface area contributed by atoms with Crippen LogP contribution in [-0.4, -0.2) is 42.1 Å². The van der Waals surface area contributed by atoms with Gasteiger partial charge in [-0.25, -0.2) is 14.6 Å². The quantitative estimate of drug-likeness (QED) is 0.376. The van der Waals surface area contributed by atoms with Crippen molar-refractivity contribution >= 4 is 16.9 Å². The molecule has 0 bridgehead atoms. The molecule has 10 nitrogen and oxygen atoms in total. The van der Waals surface area contributed by atoms with Gasteiger partial charge in [0.15, 0.2) is 23.4 Å². The summed E-state index contributed by atoms with van der Waals surface area (Å²) in [5.41, 5.74) is 11.7. The zero-order valence-electron chi connectivity index (χ0n) is 18.7. The van der Waals surface area contributed by atoms with E-state index < -0.39 is 5.60 Å². The van der Waals surface area contributed by atoms with Crippen molar-refractivity contribution in [1.82, 2.24) is 24.8 Å². The first-order valence-electron chi connectivity index (χ1n) is 10.6. The Morgan fingerprint density at radius 3 is 2.61 bits per heavy atom. The van der Waals surface area contributed by atoms with Crippen LogP contribution in [-0.2, 0) is 6.54 Å². The summed E-state index contributed by atoms with van der Waals surface area (Å²) in [5.74, 6) is 6.74. The number of pyridine rings is 1. The molecule has 0 fully saturated rings. The molecular weight excluding hydrogens is 422 g/mol. The number of quaternary nitrogens is 1. The van der Waals surface area contributed by atoms with E-state index in [0.717, 1.165) is 11.1 Å². The summed E-state index contributed by atoms with van der Waals surface area (Å²) in [6, 6.07) is 11.6. The molecule has 0 aliphatic rings. The Morgan fingerprint density at radius 1 is 1.24 bits per heavy atom. The first-order chi connectivity index (χ1) is 15.8. The molecule has 170 valence electrons. The van der Waals surface area contributed by atoms with Crippen LogP contribution in [0, 0.1) is 11.8 Å². The lowest BCUT2D eigenvalue weighted by Gasteiger charge is -2.16. The van der Waals surface area contributed by atoms with Crippen molar-refractivity contribution in [3.63, 3.8) is 0 Å². The molecule has 0 aliphatic carbocycles. The van der Waals surface area contributed by atoms with Gasteiger partial charge in [0.2, 0.25) is 5.88 Å². The fraction of sp³-hybridized carbons (Fsp3) is 0.304. The van der Waals surface area contributed by atoms with Crippen molar-refractivity contribution in [3.8, 4) is 29.2 Å². The number of ether oxygens (including phenoxy) is 1. The molecule has 0 saturated heterocycles. The van der Waals surface area contributed by atoms with Gasteiger partial charge in [-0.1, -0.05) is 36.3 Å². The summed E-state index contributed by atoms with van der Waals surface area (Å²) in [6.45, 7) is 6.25. The number of benzene rings is 1. The van der Waals surface area contributed by atoms with E-state index in [0.29, 0.717) is 41.7 Å². The first-order valence-corrected chi connectivity index (χ1v) is 10.6. The van der Waals surface area contributed by atoms with Crippen molar-refractivity contribution in [2.24, 2.45) is 0 Å². The van der Waals surface area contributed by atoms with Crippen LogP contribution in [0.2, 0.25) is 0 Å². The number of anilines is 1. The molecule has 0 spiro atoms. The fourth-order valence-corrected chi connectivity index (χ4v) is 3.42. The Hall–Kier alpha value is -3.94. The molecule has 3 aromatic heterocycles. The van der Waals surface area contributed by atoms with Gasteiger partial charge >= 0.3 is 0 Å². The molecule has 0 amide bonds. The third-order valence-corrected chi connectivity index (χ3v) is 4.94. The summed E-state index contributed by atoms with van der Waals surface area (Å²) in [7, 11) is 0. The molecule has 0 saturated carbocycles. The van der Waals surface area contributed by atoms with Crippen LogP contribution in [0.15, 0.2) is 41.0 Å². The lowest BCUT2D eigenvalue weighted by Crippen LogP contribution is -2.54. The molecule has 4 rings (SSSR count). The molecule has 4 aromatic rings. The van der Waals surface area contributed by atoms with E-state index in [1.165, 1.54) is 0 Å². The number of fused-ring (bicyclic) bond motifs is 1. The van der Waals surface area contributed by atoms with Gasteiger partial charge in [-0.05, 0) is 42.6 Å². The topological polar surface area (TPSA) is 153 Å². The van der Waals surface area contributed by atoms with Crippen LogP contribution in [0.25, 0.3) is 22.6 Å². The average Bonchev–Trinajstić information content (AvgIpc) is 3.38.